The Morgan fingerprint density at radius 1 is 1.16 bits per heavy atom. The van der Waals surface area contributed by atoms with E-state index >= 15 is 0 Å². The summed E-state index contributed by atoms with van der Waals surface area (Å²) in [6.45, 7) is 3.97. The molecule has 1 aliphatic heterocycles. The monoisotopic (exact) mass is 439 g/mol. The maximum atomic E-state index is 12.6. The van der Waals surface area contributed by atoms with Crippen molar-refractivity contribution >= 4 is 17.1 Å². The van der Waals surface area contributed by atoms with Gasteiger partial charge in [-0.3, -0.25) is 18.7 Å². The molecule has 170 valence electrons. The second-order valence-corrected chi connectivity index (χ2v) is 8.62. The van der Waals surface area contributed by atoms with Gasteiger partial charge >= 0.3 is 5.69 Å². The molecule has 0 spiro atoms. The zero-order valence-corrected chi connectivity index (χ0v) is 18.7. The fourth-order valence-corrected chi connectivity index (χ4v) is 4.32. The Kier molecular flexibility index (Phi) is 6.01. The quantitative estimate of drug-likeness (QED) is 0.597. The first-order valence-electron chi connectivity index (χ1n) is 10.9. The number of amides is 1. The minimum Gasteiger partial charge on any atom is -0.381 e. The standard InChI is InChI=1S/C23H29N5O4/c1-15-4-6-16(7-5-15)23(10-12-32-13-11-23)14-24-18(29)9-8-17-25-19-20(26-17)27(2)22(31)28(3)21(19)30/h4-7H,8-14H2,1-3H3,(H,24,29)(H,25,26). The lowest BCUT2D eigenvalue weighted by Crippen LogP contribution is -2.44. The summed E-state index contributed by atoms with van der Waals surface area (Å²) < 4.78 is 7.93. The van der Waals surface area contributed by atoms with Crippen LogP contribution in [0.25, 0.3) is 11.2 Å². The Hall–Kier alpha value is -3.20. The third-order valence-corrected chi connectivity index (χ3v) is 6.47. The van der Waals surface area contributed by atoms with Crippen molar-refractivity contribution in [3.63, 3.8) is 0 Å². The van der Waals surface area contributed by atoms with E-state index < -0.39 is 11.2 Å². The number of fused-ring (bicyclic) bond motifs is 1. The molecule has 1 aromatic carbocycles. The molecule has 1 fully saturated rings. The lowest BCUT2D eigenvalue weighted by atomic mass is 9.74. The molecule has 1 amide bonds. The number of rotatable bonds is 6. The summed E-state index contributed by atoms with van der Waals surface area (Å²) in [5.74, 6) is 0.429. The van der Waals surface area contributed by atoms with Gasteiger partial charge in [-0.2, -0.15) is 0 Å². The van der Waals surface area contributed by atoms with Crippen molar-refractivity contribution in [1.82, 2.24) is 24.4 Å². The van der Waals surface area contributed by atoms with Gasteiger partial charge in [0.1, 0.15) is 11.3 Å². The van der Waals surface area contributed by atoms with Gasteiger partial charge in [-0.05, 0) is 25.3 Å². The predicted octanol–water partition coefficient (Wildman–Crippen LogP) is 1.07. The highest BCUT2D eigenvalue weighted by Gasteiger charge is 2.34. The summed E-state index contributed by atoms with van der Waals surface area (Å²) in [6, 6.07) is 8.50. The third kappa shape index (κ3) is 4.12. The van der Waals surface area contributed by atoms with Crippen LogP contribution in [0.2, 0.25) is 0 Å². The van der Waals surface area contributed by atoms with Gasteiger partial charge in [0, 0.05) is 52.1 Å². The molecule has 0 radical (unpaired) electrons. The number of hydrogen-bond donors (Lipinski definition) is 2. The largest absolute Gasteiger partial charge is 0.381 e. The van der Waals surface area contributed by atoms with Crippen LogP contribution in [0, 0.1) is 6.92 Å². The average molecular weight is 440 g/mol. The number of imidazole rings is 1. The van der Waals surface area contributed by atoms with Crippen LogP contribution in [0.3, 0.4) is 0 Å². The van der Waals surface area contributed by atoms with E-state index in [-0.39, 0.29) is 23.3 Å². The fourth-order valence-electron chi connectivity index (χ4n) is 4.32. The summed E-state index contributed by atoms with van der Waals surface area (Å²) in [5.41, 5.74) is 2.01. The summed E-state index contributed by atoms with van der Waals surface area (Å²) in [4.78, 5) is 44.4. The molecule has 1 saturated heterocycles. The number of H-pyrrole nitrogens is 1. The van der Waals surface area contributed by atoms with E-state index in [4.69, 9.17) is 4.74 Å². The summed E-state index contributed by atoms with van der Waals surface area (Å²) in [6.07, 6.45) is 2.29. The molecule has 0 saturated carbocycles. The lowest BCUT2D eigenvalue weighted by molar-refractivity contribution is -0.121. The highest BCUT2D eigenvalue weighted by Crippen LogP contribution is 2.34. The van der Waals surface area contributed by atoms with Crippen molar-refractivity contribution < 1.29 is 9.53 Å². The first-order valence-corrected chi connectivity index (χ1v) is 10.9. The smallest absolute Gasteiger partial charge is 0.332 e. The number of nitrogens with zero attached hydrogens (tertiary/aromatic N) is 3. The van der Waals surface area contributed by atoms with E-state index in [0.717, 1.165) is 17.4 Å². The minimum absolute atomic E-state index is 0.0785. The average Bonchev–Trinajstić information content (AvgIpc) is 3.24. The van der Waals surface area contributed by atoms with E-state index in [0.29, 0.717) is 37.7 Å². The number of carbonyl (C=O) groups is 1. The predicted molar refractivity (Wildman–Crippen MR) is 121 cm³/mol. The first-order chi connectivity index (χ1) is 15.3. The molecular weight excluding hydrogens is 410 g/mol. The van der Waals surface area contributed by atoms with E-state index in [1.165, 1.54) is 22.7 Å². The van der Waals surface area contributed by atoms with Gasteiger partial charge in [0.25, 0.3) is 5.56 Å². The van der Waals surface area contributed by atoms with Crippen LogP contribution >= 0.6 is 0 Å². The molecule has 2 N–H and O–H groups in total. The Labute approximate surface area is 185 Å². The SMILES string of the molecule is Cc1ccc(C2(CNC(=O)CCc3nc4c([nH]3)c(=O)n(C)c(=O)n4C)CCOCC2)cc1. The molecule has 0 bridgehead atoms. The van der Waals surface area contributed by atoms with Crippen LogP contribution in [0.15, 0.2) is 33.9 Å². The summed E-state index contributed by atoms with van der Waals surface area (Å²) >= 11 is 0. The molecule has 3 aromatic rings. The molecule has 4 rings (SSSR count). The molecule has 1 aliphatic rings. The molecule has 9 heteroatoms. The summed E-state index contributed by atoms with van der Waals surface area (Å²) in [7, 11) is 3.00. The Morgan fingerprint density at radius 3 is 2.53 bits per heavy atom. The second-order valence-electron chi connectivity index (χ2n) is 8.62. The van der Waals surface area contributed by atoms with Crippen molar-refractivity contribution in [3.8, 4) is 0 Å². The second kappa shape index (κ2) is 8.74. The summed E-state index contributed by atoms with van der Waals surface area (Å²) in [5, 5.41) is 3.09. The molecule has 2 aromatic heterocycles. The number of benzene rings is 1. The number of hydrogen-bond acceptors (Lipinski definition) is 5. The molecule has 0 unspecified atom stereocenters. The topological polar surface area (TPSA) is 111 Å². The lowest BCUT2D eigenvalue weighted by Gasteiger charge is -2.38. The van der Waals surface area contributed by atoms with Crippen LogP contribution in [-0.2, 0) is 35.5 Å². The Morgan fingerprint density at radius 2 is 1.84 bits per heavy atom. The van der Waals surface area contributed by atoms with E-state index in [1.807, 2.05) is 0 Å². The van der Waals surface area contributed by atoms with Gasteiger partial charge < -0.3 is 15.0 Å². The van der Waals surface area contributed by atoms with Crippen LogP contribution in [0.5, 0.6) is 0 Å². The van der Waals surface area contributed by atoms with Gasteiger partial charge in [-0.1, -0.05) is 29.8 Å². The van der Waals surface area contributed by atoms with E-state index in [2.05, 4.69) is 46.5 Å². The van der Waals surface area contributed by atoms with Crippen LogP contribution in [0.1, 0.15) is 36.2 Å². The highest BCUT2D eigenvalue weighted by molar-refractivity contribution is 5.76. The minimum atomic E-state index is -0.434. The number of ether oxygens (including phenoxy) is 1. The first kappa shape index (κ1) is 22.0. The van der Waals surface area contributed by atoms with E-state index in [1.54, 1.807) is 7.05 Å². The van der Waals surface area contributed by atoms with Gasteiger partial charge in [0.05, 0.1) is 0 Å². The maximum absolute atomic E-state index is 12.6. The number of aromatic amines is 1. The van der Waals surface area contributed by atoms with Crippen molar-refractivity contribution in [2.75, 3.05) is 19.8 Å². The molecule has 0 aliphatic carbocycles. The van der Waals surface area contributed by atoms with Crippen molar-refractivity contribution in [3.05, 3.63) is 62.1 Å². The highest BCUT2D eigenvalue weighted by atomic mass is 16.5. The van der Waals surface area contributed by atoms with E-state index in [9.17, 15) is 14.4 Å². The Balaban J connectivity index is 1.44. The Bertz CT molecular complexity index is 1250. The number of aromatic nitrogens is 4. The molecule has 0 atom stereocenters. The van der Waals surface area contributed by atoms with Crippen LogP contribution in [0.4, 0.5) is 0 Å². The molecule has 32 heavy (non-hydrogen) atoms. The zero-order valence-electron chi connectivity index (χ0n) is 18.7. The van der Waals surface area contributed by atoms with Crippen molar-refractivity contribution in [1.29, 1.82) is 0 Å². The number of aryl methyl sites for hydroxylation is 3. The van der Waals surface area contributed by atoms with Gasteiger partial charge in [-0.15, -0.1) is 0 Å². The van der Waals surface area contributed by atoms with Crippen LogP contribution in [-0.4, -0.2) is 44.8 Å². The molecular formula is C23H29N5O4. The normalized spacial score (nSPS) is 15.7. The number of carbonyl (C=O) groups excluding carboxylic acids is 1. The van der Waals surface area contributed by atoms with Crippen molar-refractivity contribution in [2.45, 2.75) is 38.0 Å². The molecule has 3 heterocycles. The number of nitrogens with one attached hydrogen (secondary N) is 2. The molecule has 9 nitrogen and oxygen atoms in total. The maximum Gasteiger partial charge on any atom is 0.332 e. The van der Waals surface area contributed by atoms with Gasteiger partial charge in [0.15, 0.2) is 5.65 Å². The van der Waals surface area contributed by atoms with Gasteiger partial charge in [-0.25, -0.2) is 9.78 Å². The van der Waals surface area contributed by atoms with Crippen molar-refractivity contribution in [2.24, 2.45) is 14.1 Å². The third-order valence-electron chi connectivity index (χ3n) is 6.47. The van der Waals surface area contributed by atoms with Crippen LogP contribution < -0.4 is 16.6 Å². The fraction of sp³-hybridized carbons (Fsp3) is 0.478. The van der Waals surface area contributed by atoms with Gasteiger partial charge in [0.2, 0.25) is 5.91 Å². The zero-order chi connectivity index (χ0) is 22.9.